The number of nitrogens with one attached hydrogen (secondary N) is 3. The number of aromatic nitrogens is 1. The number of nitrogens with zero attached hydrogens (tertiary/aromatic N) is 1. The van der Waals surface area contributed by atoms with Crippen molar-refractivity contribution in [2.45, 2.75) is 91.6 Å². The molecule has 2 amide bonds. The minimum Gasteiger partial charge on any atom is -0.481 e. The number of aliphatic carboxylic acids is 2. The maximum atomic E-state index is 12.4. The first-order valence-electron chi connectivity index (χ1n) is 14.6. The van der Waals surface area contributed by atoms with Crippen LogP contribution in [0.3, 0.4) is 0 Å². The van der Waals surface area contributed by atoms with Crippen molar-refractivity contribution in [3.8, 4) is 0 Å². The minimum atomic E-state index is -0.917. The number of carbonyl (C=O) groups excluding carboxylic acids is 2. The summed E-state index contributed by atoms with van der Waals surface area (Å²) in [5, 5.41) is 24.9. The number of hydrogen-bond acceptors (Lipinski definition) is 5. The van der Waals surface area contributed by atoms with Crippen molar-refractivity contribution in [3.05, 3.63) is 74.3 Å². The standard InChI is InChI=1S/C33H40N4O6/c1-7-20-19(6)32(42)37-27(20)14-25-18(5)23(10-12-31(40)41)29(35-25)15-28-22(9-11-30(38)39)17(4)24(34-28)13-26-16(3)21(8-2)33(43)36-26/h8,15,26-27,35H,2,7,9-14H2,1,3-6H3,(H,36,43)(H,37,42)(H,38,39)(H,40,41)/b28-15+. The molecule has 0 aliphatic carbocycles. The topological polar surface area (TPSA) is 161 Å². The molecular formula is C33H40N4O6. The summed E-state index contributed by atoms with van der Waals surface area (Å²) in [6.45, 7) is 13.4. The van der Waals surface area contributed by atoms with Crippen LogP contribution in [0, 0.1) is 6.92 Å². The van der Waals surface area contributed by atoms with Crippen LogP contribution in [0.25, 0.3) is 6.08 Å². The molecule has 0 saturated heterocycles. The van der Waals surface area contributed by atoms with E-state index in [4.69, 9.17) is 4.99 Å². The molecule has 0 radical (unpaired) electrons. The number of carboxylic acid groups (broad SMARTS) is 2. The summed E-state index contributed by atoms with van der Waals surface area (Å²) in [6, 6.07) is -0.393. The fourth-order valence-electron chi connectivity index (χ4n) is 6.28. The Kier molecular flexibility index (Phi) is 9.37. The van der Waals surface area contributed by atoms with E-state index in [0.29, 0.717) is 30.5 Å². The molecular weight excluding hydrogens is 548 g/mol. The Labute approximate surface area is 251 Å². The van der Waals surface area contributed by atoms with E-state index in [9.17, 15) is 29.4 Å². The number of allylic oxidation sites excluding steroid dienone is 2. The van der Waals surface area contributed by atoms with Crippen LogP contribution in [0.1, 0.15) is 82.3 Å². The van der Waals surface area contributed by atoms with Gasteiger partial charge >= 0.3 is 11.9 Å². The Bertz CT molecular complexity index is 1560. The third-order valence-electron chi connectivity index (χ3n) is 8.86. The van der Waals surface area contributed by atoms with Gasteiger partial charge in [-0.25, -0.2) is 0 Å². The SMILES string of the molecule is C=CC1=C(C)C(CC2=N/C(=C/c3[nH]c(CC4NC(=O)C(C)=C4CC)c(C)c3CCC(=O)O)C(CCC(=O)O)=C2C)NC1=O. The maximum Gasteiger partial charge on any atom is 0.303 e. The van der Waals surface area contributed by atoms with Crippen LogP contribution in [0.4, 0.5) is 0 Å². The van der Waals surface area contributed by atoms with Gasteiger partial charge in [-0.05, 0) is 86.5 Å². The second-order valence-electron chi connectivity index (χ2n) is 11.4. The van der Waals surface area contributed by atoms with Crippen molar-refractivity contribution in [1.82, 2.24) is 15.6 Å². The Morgan fingerprint density at radius 1 is 0.930 bits per heavy atom. The monoisotopic (exact) mass is 588 g/mol. The normalized spacial score (nSPS) is 21.2. The Balaban J connectivity index is 1.74. The summed E-state index contributed by atoms with van der Waals surface area (Å²) in [4.78, 5) is 56.2. The highest BCUT2D eigenvalue weighted by Crippen LogP contribution is 2.35. The zero-order valence-corrected chi connectivity index (χ0v) is 25.4. The van der Waals surface area contributed by atoms with Crippen molar-refractivity contribution in [3.63, 3.8) is 0 Å². The molecule has 0 fully saturated rings. The van der Waals surface area contributed by atoms with Crippen LogP contribution >= 0.6 is 0 Å². The molecule has 2 atom stereocenters. The molecule has 10 heteroatoms. The van der Waals surface area contributed by atoms with Crippen molar-refractivity contribution < 1.29 is 29.4 Å². The van der Waals surface area contributed by atoms with Crippen LogP contribution in [0.5, 0.6) is 0 Å². The van der Waals surface area contributed by atoms with Crippen molar-refractivity contribution in [2.24, 2.45) is 4.99 Å². The average Bonchev–Trinajstić information content (AvgIpc) is 3.59. The number of rotatable bonds is 13. The number of hydrogen-bond donors (Lipinski definition) is 5. The first kappa shape index (κ1) is 31.5. The summed E-state index contributed by atoms with van der Waals surface area (Å²) in [6.07, 6.45) is 5.61. The van der Waals surface area contributed by atoms with Gasteiger partial charge in [0.1, 0.15) is 0 Å². The van der Waals surface area contributed by atoms with Gasteiger partial charge in [0.15, 0.2) is 0 Å². The van der Waals surface area contributed by atoms with Gasteiger partial charge in [-0.3, -0.25) is 24.2 Å². The molecule has 1 aromatic heterocycles. The molecule has 0 saturated carbocycles. The van der Waals surface area contributed by atoms with Crippen LogP contribution in [0.15, 0.2) is 56.8 Å². The quantitative estimate of drug-likeness (QED) is 0.228. The molecule has 0 bridgehead atoms. The summed E-state index contributed by atoms with van der Waals surface area (Å²) >= 11 is 0. The molecule has 2 unspecified atom stereocenters. The Morgan fingerprint density at radius 3 is 2.19 bits per heavy atom. The van der Waals surface area contributed by atoms with Gasteiger partial charge in [-0.1, -0.05) is 19.6 Å². The molecule has 5 N–H and O–H groups in total. The van der Waals surface area contributed by atoms with Crippen LogP contribution < -0.4 is 10.6 Å². The van der Waals surface area contributed by atoms with E-state index in [1.54, 1.807) is 6.08 Å². The van der Waals surface area contributed by atoms with Gasteiger partial charge in [-0.2, -0.15) is 0 Å². The van der Waals surface area contributed by atoms with Gasteiger partial charge in [0.05, 0.1) is 17.8 Å². The largest absolute Gasteiger partial charge is 0.481 e. The smallest absolute Gasteiger partial charge is 0.303 e. The number of H-pyrrole nitrogens is 1. The fraction of sp³-hybridized carbons (Fsp3) is 0.424. The van der Waals surface area contributed by atoms with E-state index in [-0.39, 0.29) is 43.2 Å². The number of carboxylic acids is 2. The highest BCUT2D eigenvalue weighted by molar-refractivity contribution is 6.07. The number of amides is 2. The van der Waals surface area contributed by atoms with E-state index in [1.165, 1.54) is 0 Å². The van der Waals surface area contributed by atoms with Crippen molar-refractivity contribution in [2.75, 3.05) is 0 Å². The second kappa shape index (κ2) is 12.8. The highest BCUT2D eigenvalue weighted by Gasteiger charge is 2.32. The van der Waals surface area contributed by atoms with Gasteiger partial charge in [0.2, 0.25) is 5.91 Å². The molecule has 0 aromatic carbocycles. The van der Waals surface area contributed by atoms with Crippen LogP contribution in [-0.4, -0.2) is 56.7 Å². The van der Waals surface area contributed by atoms with E-state index in [0.717, 1.165) is 62.5 Å². The summed E-state index contributed by atoms with van der Waals surface area (Å²) < 4.78 is 0. The lowest BCUT2D eigenvalue weighted by Crippen LogP contribution is -2.31. The number of aromatic amines is 1. The van der Waals surface area contributed by atoms with Gasteiger partial charge < -0.3 is 25.8 Å². The highest BCUT2D eigenvalue weighted by atomic mass is 16.4. The lowest BCUT2D eigenvalue weighted by Gasteiger charge is -2.14. The molecule has 4 rings (SSSR count). The lowest BCUT2D eigenvalue weighted by molar-refractivity contribution is -0.138. The zero-order chi connectivity index (χ0) is 31.6. The Hall–Kier alpha value is -4.47. The van der Waals surface area contributed by atoms with E-state index >= 15 is 0 Å². The summed E-state index contributed by atoms with van der Waals surface area (Å²) in [5.74, 6) is -2.07. The third-order valence-corrected chi connectivity index (χ3v) is 8.86. The van der Waals surface area contributed by atoms with Gasteiger partial charge in [0.25, 0.3) is 5.91 Å². The summed E-state index contributed by atoms with van der Waals surface area (Å²) in [5.41, 5.74) is 9.71. The predicted octanol–water partition coefficient (Wildman–Crippen LogP) is 4.48. The molecule has 3 aliphatic heterocycles. The first-order chi connectivity index (χ1) is 20.4. The molecule has 43 heavy (non-hydrogen) atoms. The zero-order valence-electron chi connectivity index (χ0n) is 25.4. The fourth-order valence-corrected chi connectivity index (χ4v) is 6.28. The molecule has 228 valence electrons. The van der Waals surface area contributed by atoms with E-state index in [1.807, 2.05) is 40.7 Å². The maximum absolute atomic E-state index is 12.4. The first-order valence-corrected chi connectivity index (χ1v) is 14.6. The molecule has 10 nitrogen and oxygen atoms in total. The van der Waals surface area contributed by atoms with Crippen LogP contribution in [-0.2, 0) is 32.0 Å². The molecule has 4 heterocycles. The Morgan fingerprint density at radius 2 is 1.58 bits per heavy atom. The minimum absolute atomic E-state index is 0.0540. The van der Waals surface area contributed by atoms with Gasteiger partial charge in [-0.15, -0.1) is 0 Å². The molecule has 1 aromatic rings. The number of aliphatic imine (C=N–C) groups is 1. The number of carbonyl (C=O) groups is 4. The van der Waals surface area contributed by atoms with Crippen molar-refractivity contribution >= 4 is 35.5 Å². The third kappa shape index (κ3) is 6.48. The predicted molar refractivity (Wildman–Crippen MR) is 165 cm³/mol. The van der Waals surface area contributed by atoms with E-state index < -0.39 is 11.9 Å². The van der Waals surface area contributed by atoms with Crippen molar-refractivity contribution in [1.29, 1.82) is 0 Å². The average molecular weight is 589 g/mol. The molecule has 0 spiro atoms. The van der Waals surface area contributed by atoms with Crippen LogP contribution in [0.2, 0.25) is 0 Å². The second-order valence-corrected chi connectivity index (χ2v) is 11.4. The lowest BCUT2D eigenvalue weighted by atomic mass is 9.95. The summed E-state index contributed by atoms with van der Waals surface area (Å²) in [7, 11) is 0. The van der Waals surface area contributed by atoms with Gasteiger partial charge in [0, 0.05) is 53.9 Å². The molecule has 3 aliphatic rings. The van der Waals surface area contributed by atoms with E-state index in [2.05, 4.69) is 22.2 Å².